The van der Waals surface area contributed by atoms with Crippen LogP contribution in [0.2, 0.25) is 0 Å². The van der Waals surface area contributed by atoms with Crippen molar-refractivity contribution < 1.29 is 10.2 Å². The summed E-state index contributed by atoms with van der Waals surface area (Å²) in [6.45, 7) is 10.0. The van der Waals surface area contributed by atoms with E-state index >= 15 is 0 Å². The number of fused-ring (bicyclic) bond motifs is 1. The fourth-order valence-electron chi connectivity index (χ4n) is 3.58. The lowest BCUT2D eigenvalue weighted by Crippen LogP contribution is -2.62. The molecule has 0 saturated heterocycles. The first-order chi connectivity index (χ1) is 7.81. The molecule has 1 fully saturated rings. The van der Waals surface area contributed by atoms with Gasteiger partial charge in [0, 0.05) is 11.3 Å². The summed E-state index contributed by atoms with van der Waals surface area (Å²) in [5, 5.41) is 21.5. The van der Waals surface area contributed by atoms with E-state index in [4.69, 9.17) is 0 Å². The Labute approximate surface area is 104 Å². The van der Waals surface area contributed by atoms with Crippen molar-refractivity contribution in [2.75, 3.05) is 0 Å². The minimum atomic E-state index is -0.803. The molecule has 0 unspecified atom stereocenters. The average molecular weight is 236 g/mol. The molecule has 2 aliphatic carbocycles. The van der Waals surface area contributed by atoms with Crippen LogP contribution in [0.1, 0.15) is 40.0 Å². The van der Waals surface area contributed by atoms with E-state index in [1.807, 2.05) is 20.8 Å². The number of hydrogen-bond acceptors (Lipinski definition) is 2. The maximum Gasteiger partial charge on any atom is 0.0794 e. The minimum absolute atomic E-state index is 0.0954. The highest BCUT2D eigenvalue weighted by molar-refractivity contribution is 5.20. The topological polar surface area (TPSA) is 40.5 Å². The number of aliphatic hydroxyl groups excluding tert-OH is 1. The first kappa shape index (κ1) is 12.8. The molecule has 0 aliphatic heterocycles. The van der Waals surface area contributed by atoms with E-state index in [1.54, 1.807) is 0 Å². The summed E-state index contributed by atoms with van der Waals surface area (Å²) < 4.78 is 0. The predicted molar refractivity (Wildman–Crippen MR) is 69.5 cm³/mol. The van der Waals surface area contributed by atoms with Crippen LogP contribution < -0.4 is 0 Å². The van der Waals surface area contributed by atoms with Crippen molar-refractivity contribution >= 4 is 0 Å². The maximum absolute atomic E-state index is 11.1. The summed E-state index contributed by atoms with van der Waals surface area (Å²) in [4.78, 5) is 0. The van der Waals surface area contributed by atoms with Gasteiger partial charge in [0.15, 0.2) is 0 Å². The van der Waals surface area contributed by atoms with Gasteiger partial charge in [-0.3, -0.25) is 0 Å². The molecule has 0 radical (unpaired) electrons. The van der Waals surface area contributed by atoms with Gasteiger partial charge in [0.1, 0.15) is 0 Å². The van der Waals surface area contributed by atoms with Gasteiger partial charge in [-0.1, -0.05) is 38.2 Å². The Morgan fingerprint density at radius 3 is 2.71 bits per heavy atom. The van der Waals surface area contributed by atoms with Crippen molar-refractivity contribution in [1.82, 2.24) is 0 Å². The molecule has 2 nitrogen and oxygen atoms in total. The largest absolute Gasteiger partial charge is 0.392 e. The normalized spacial score (nSPS) is 49.8. The molecule has 2 rings (SSSR count). The van der Waals surface area contributed by atoms with Gasteiger partial charge in [-0.2, -0.15) is 0 Å². The Kier molecular flexibility index (Phi) is 2.99. The molecule has 1 saturated carbocycles. The molecule has 0 aromatic carbocycles. The van der Waals surface area contributed by atoms with E-state index in [1.165, 1.54) is 0 Å². The molecule has 2 aliphatic rings. The van der Waals surface area contributed by atoms with Crippen LogP contribution >= 0.6 is 0 Å². The highest BCUT2D eigenvalue weighted by Crippen LogP contribution is 2.55. The molecule has 96 valence electrons. The smallest absolute Gasteiger partial charge is 0.0794 e. The third-order valence-electron chi connectivity index (χ3n) is 5.21. The lowest BCUT2D eigenvalue weighted by atomic mass is 9.52. The van der Waals surface area contributed by atoms with Gasteiger partial charge in [-0.25, -0.2) is 0 Å². The SMILES string of the molecule is C=C(C)[C@@H]1C[C@H](O)[C@]2(C)CC=C[C@H](C)[C@]2(O)C1. The summed E-state index contributed by atoms with van der Waals surface area (Å²) in [7, 11) is 0. The van der Waals surface area contributed by atoms with Crippen molar-refractivity contribution in [1.29, 1.82) is 0 Å². The van der Waals surface area contributed by atoms with Crippen molar-refractivity contribution in [3.63, 3.8) is 0 Å². The van der Waals surface area contributed by atoms with Crippen LogP contribution in [0.4, 0.5) is 0 Å². The van der Waals surface area contributed by atoms with E-state index in [0.717, 1.165) is 24.8 Å². The molecular weight excluding hydrogens is 212 g/mol. The summed E-state index contributed by atoms with van der Waals surface area (Å²) in [5.74, 6) is 0.329. The number of allylic oxidation sites excluding steroid dienone is 2. The van der Waals surface area contributed by atoms with Gasteiger partial charge in [-0.15, -0.1) is 0 Å². The Balaban J connectivity index is 2.40. The summed E-state index contributed by atoms with van der Waals surface area (Å²) in [6.07, 6.45) is 5.95. The molecule has 17 heavy (non-hydrogen) atoms. The van der Waals surface area contributed by atoms with Crippen molar-refractivity contribution in [2.45, 2.75) is 51.7 Å². The Morgan fingerprint density at radius 2 is 2.12 bits per heavy atom. The van der Waals surface area contributed by atoms with E-state index in [2.05, 4.69) is 18.7 Å². The third kappa shape index (κ3) is 1.69. The van der Waals surface area contributed by atoms with Crippen molar-refractivity contribution in [3.8, 4) is 0 Å². The fraction of sp³-hybridized carbons (Fsp3) is 0.733. The van der Waals surface area contributed by atoms with Gasteiger partial charge < -0.3 is 10.2 Å². The molecule has 0 spiro atoms. The monoisotopic (exact) mass is 236 g/mol. The predicted octanol–water partition coefficient (Wildman–Crippen LogP) is 2.67. The van der Waals surface area contributed by atoms with E-state index in [9.17, 15) is 10.2 Å². The van der Waals surface area contributed by atoms with Gasteiger partial charge in [-0.05, 0) is 32.1 Å². The Bertz CT molecular complexity index is 360. The lowest BCUT2D eigenvalue weighted by molar-refractivity contribution is -0.194. The zero-order valence-electron chi connectivity index (χ0n) is 11.1. The summed E-state index contributed by atoms with van der Waals surface area (Å²) in [5.41, 5.74) is -0.142. The molecule has 5 atom stereocenters. The van der Waals surface area contributed by atoms with Crippen LogP contribution in [0.25, 0.3) is 0 Å². The zero-order valence-corrected chi connectivity index (χ0v) is 11.1. The second-order valence-electron chi connectivity index (χ2n) is 6.26. The van der Waals surface area contributed by atoms with Gasteiger partial charge in [0.2, 0.25) is 0 Å². The Morgan fingerprint density at radius 1 is 1.47 bits per heavy atom. The molecular formula is C15H24O2. The summed E-state index contributed by atoms with van der Waals surface area (Å²) in [6, 6.07) is 0. The average Bonchev–Trinajstić information content (AvgIpc) is 2.23. The maximum atomic E-state index is 11.1. The van der Waals surface area contributed by atoms with Gasteiger partial charge >= 0.3 is 0 Å². The van der Waals surface area contributed by atoms with E-state index in [-0.39, 0.29) is 11.8 Å². The molecule has 0 heterocycles. The van der Waals surface area contributed by atoms with Crippen LogP contribution in [0, 0.1) is 17.3 Å². The standard InChI is InChI=1S/C15H24O2/c1-10(2)12-8-13(16)14(4)7-5-6-11(3)15(14,17)9-12/h5-6,11-13,16-17H,1,7-9H2,2-4H3/t11-,12+,13-,14-,15+/m0/s1. The van der Waals surface area contributed by atoms with Crippen LogP contribution in [-0.2, 0) is 0 Å². The first-order valence-electron chi connectivity index (χ1n) is 6.54. The molecule has 0 aromatic rings. The molecule has 0 aromatic heterocycles. The Hall–Kier alpha value is -0.600. The second-order valence-corrected chi connectivity index (χ2v) is 6.26. The molecule has 2 N–H and O–H groups in total. The van der Waals surface area contributed by atoms with E-state index < -0.39 is 17.1 Å². The minimum Gasteiger partial charge on any atom is -0.392 e. The van der Waals surface area contributed by atoms with Crippen molar-refractivity contribution in [2.24, 2.45) is 17.3 Å². The van der Waals surface area contributed by atoms with Crippen LogP contribution in [0.5, 0.6) is 0 Å². The fourth-order valence-corrected chi connectivity index (χ4v) is 3.58. The number of aliphatic hydroxyl groups is 2. The molecule has 0 amide bonds. The zero-order chi connectivity index (χ0) is 12.8. The quantitative estimate of drug-likeness (QED) is 0.687. The molecule has 2 heteroatoms. The third-order valence-corrected chi connectivity index (χ3v) is 5.21. The number of rotatable bonds is 1. The first-order valence-corrected chi connectivity index (χ1v) is 6.54. The van der Waals surface area contributed by atoms with E-state index in [0.29, 0.717) is 0 Å². The van der Waals surface area contributed by atoms with Crippen LogP contribution in [0.3, 0.4) is 0 Å². The number of hydrogen-bond donors (Lipinski definition) is 2. The van der Waals surface area contributed by atoms with Crippen LogP contribution in [-0.4, -0.2) is 21.9 Å². The van der Waals surface area contributed by atoms with Crippen LogP contribution in [0.15, 0.2) is 24.3 Å². The van der Waals surface area contributed by atoms with Crippen molar-refractivity contribution in [3.05, 3.63) is 24.3 Å². The van der Waals surface area contributed by atoms with Gasteiger partial charge in [0.05, 0.1) is 11.7 Å². The summed E-state index contributed by atoms with van der Waals surface area (Å²) >= 11 is 0. The molecule has 0 bridgehead atoms. The van der Waals surface area contributed by atoms with Gasteiger partial charge in [0.25, 0.3) is 0 Å². The highest BCUT2D eigenvalue weighted by Gasteiger charge is 2.58. The highest BCUT2D eigenvalue weighted by atomic mass is 16.3. The second kappa shape index (κ2) is 3.96. The lowest BCUT2D eigenvalue weighted by Gasteiger charge is -2.57.